The maximum Gasteiger partial charge on any atom is 0.343 e. The van der Waals surface area contributed by atoms with Gasteiger partial charge in [0.25, 0.3) is 0 Å². The topological polar surface area (TPSA) is 63.7 Å². The Morgan fingerprint density at radius 2 is 1.39 bits per heavy atom. The average Bonchev–Trinajstić information content (AvgIpc) is 2.94. The van der Waals surface area contributed by atoms with E-state index >= 15 is 0 Å². The number of fused-ring (bicyclic) bond motifs is 1. The fraction of sp³-hybridized carbons (Fsp3) is 0.286. The van der Waals surface area contributed by atoms with Gasteiger partial charge in [-0.3, -0.25) is 14.5 Å². The monoisotopic (exact) mass is 505 g/mol. The lowest BCUT2D eigenvalue weighted by molar-refractivity contribution is -0.122. The van der Waals surface area contributed by atoms with Gasteiger partial charge in [-0.15, -0.1) is 0 Å². The minimum absolute atomic E-state index is 0.159. The molecule has 4 unspecified atom stereocenters. The molecule has 4 rings (SSSR count). The van der Waals surface area contributed by atoms with Gasteiger partial charge < -0.3 is 4.74 Å². The normalized spacial score (nSPS) is 26.9. The molecule has 0 N–H and O–H groups in total. The second kappa shape index (κ2) is 7.79. The number of carbonyl (C=O) groups is 3. The summed E-state index contributed by atoms with van der Waals surface area (Å²) in [5.41, 5.74) is 0.954. The molecule has 28 heavy (non-hydrogen) atoms. The van der Waals surface area contributed by atoms with Crippen molar-refractivity contribution in [2.75, 3.05) is 4.90 Å². The lowest BCUT2D eigenvalue weighted by Gasteiger charge is -2.29. The second-order valence-corrected chi connectivity index (χ2v) is 9.33. The molecule has 0 radical (unpaired) electrons. The first-order chi connectivity index (χ1) is 13.5. The molecule has 2 fully saturated rings. The zero-order valence-electron chi connectivity index (χ0n) is 14.8. The third-order valence-corrected chi connectivity index (χ3v) is 7.96. The number of carbonyl (C=O) groups excluding carboxylic acids is 3. The predicted octanol–water partition coefficient (Wildman–Crippen LogP) is 4.33. The van der Waals surface area contributed by atoms with Crippen molar-refractivity contribution in [3.05, 3.63) is 60.2 Å². The van der Waals surface area contributed by atoms with Crippen LogP contribution >= 0.6 is 31.9 Å². The van der Waals surface area contributed by atoms with Crippen molar-refractivity contribution in [3.8, 4) is 5.75 Å². The van der Waals surface area contributed by atoms with Crippen LogP contribution in [0.5, 0.6) is 5.75 Å². The number of ether oxygens (including phenoxy) is 1. The van der Waals surface area contributed by atoms with Crippen LogP contribution in [0.25, 0.3) is 0 Å². The average molecular weight is 507 g/mol. The molecule has 2 aromatic rings. The van der Waals surface area contributed by atoms with Crippen molar-refractivity contribution in [3.63, 3.8) is 0 Å². The first kappa shape index (κ1) is 19.3. The highest BCUT2D eigenvalue weighted by molar-refractivity contribution is 9.12. The van der Waals surface area contributed by atoms with Gasteiger partial charge in [-0.05, 0) is 49.2 Å². The number of nitrogens with zero attached hydrogens (tertiary/aromatic N) is 1. The van der Waals surface area contributed by atoms with Crippen LogP contribution in [0, 0.1) is 11.8 Å². The van der Waals surface area contributed by atoms with Gasteiger partial charge in [0.15, 0.2) is 0 Å². The molecule has 2 amide bonds. The maximum atomic E-state index is 12.8. The molecule has 1 heterocycles. The van der Waals surface area contributed by atoms with Crippen LogP contribution in [0.2, 0.25) is 0 Å². The number of halogens is 2. The van der Waals surface area contributed by atoms with E-state index < -0.39 is 5.97 Å². The molecular formula is C21H17Br2NO4. The van der Waals surface area contributed by atoms with Gasteiger partial charge in [0.2, 0.25) is 11.8 Å². The molecular weight excluding hydrogens is 490 g/mol. The summed E-state index contributed by atoms with van der Waals surface area (Å²) in [6.07, 6.45) is 1.27. The number of imide groups is 1. The van der Waals surface area contributed by atoms with Crippen LogP contribution in [0.1, 0.15) is 23.2 Å². The lowest BCUT2D eigenvalue weighted by atomic mass is 9.81. The fourth-order valence-electron chi connectivity index (χ4n) is 3.75. The SMILES string of the molecule is O=C(Oc1ccc(N2C(=O)C3CC(Br)C(Br)CC3C2=O)cc1)c1ccccc1. The summed E-state index contributed by atoms with van der Waals surface area (Å²) in [5.74, 6) is -1.00. The Kier molecular flexibility index (Phi) is 5.38. The quantitative estimate of drug-likeness (QED) is 0.269. The van der Waals surface area contributed by atoms with Crippen molar-refractivity contribution >= 4 is 55.3 Å². The summed E-state index contributed by atoms with van der Waals surface area (Å²) in [4.78, 5) is 39.4. The number of benzene rings is 2. The molecule has 2 aliphatic rings. The highest BCUT2D eigenvalue weighted by Crippen LogP contribution is 2.44. The predicted molar refractivity (Wildman–Crippen MR) is 112 cm³/mol. The molecule has 4 atom stereocenters. The summed E-state index contributed by atoms with van der Waals surface area (Å²) < 4.78 is 5.35. The summed E-state index contributed by atoms with van der Waals surface area (Å²) in [7, 11) is 0. The van der Waals surface area contributed by atoms with Crippen LogP contribution in [0.3, 0.4) is 0 Å². The van der Waals surface area contributed by atoms with E-state index in [1.54, 1.807) is 48.5 Å². The highest BCUT2D eigenvalue weighted by Gasteiger charge is 2.52. The zero-order chi connectivity index (χ0) is 19.8. The van der Waals surface area contributed by atoms with Crippen molar-refractivity contribution in [2.45, 2.75) is 22.5 Å². The molecule has 144 valence electrons. The molecule has 1 saturated carbocycles. The number of hydrogen-bond donors (Lipinski definition) is 0. The van der Waals surface area contributed by atoms with Crippen molar-refractivity contribution in [2.24, 2.45) is 11.8 Å². The van der Waals surface area contributed by atoms with Crippen molar-refractivity contribution in [1.29, 1.82) is 0 Å². The highest BCUT2D eigenvalue weighted by atomic mass is 79.9. The van der Waals surface area contributed by atoms with E-state index in [-0.39, 0.29) is 33.3 Å². The largest absolute Gasteiger partial charge is 0.423 e. The Balaban J connectivity index is 1.50. The molecule has 1 aliphatic carbocycles. The van der Waals surface area contributed by atoms with Crippen LogP contribution in [0.4, 0.5) is 5.69 Å². The summed E-state index contributed by atoms with van der Waals surface area (Å²) in [5, 5.41) is 0. The van der Waals surface area contributed by atoms with Gasteiger partial charge in [-0.2, -0.15) is 0 Å². The minimum Gasteiger partial charge on any atom is -0.423 e. The summed E-state index contributed by atoms with van der Waals surface area (Å²) in [6.45, 7) is 0. The van der Waals surface area contributed by atoms with Gasteiger partial charge in [0, 0.05) is 9.65 Å². The first-order valence-electron chi connectivity index (χ1n) is 8.99. The first-order valence-corrected chi connectivity index (χ1v) is 10.8. The zero-order valence-corrected chi connectivity index (χ0v) is 17.9. The van der Waals surface area contributed by atoms with Crippen LogP contribution in [-0.4, -0.2) is 27.4 Å². The number of rotatable bonds is 3. The molecule has 0 spiro atoms. The number of esters is 1. The van der Waals surface area contributed by atoms with E-state index in [1.165, 1.54) is 4.90 Å². The lowest BCUT2D eigenvalue weighted by Crippen LogP contribution is -2.34. The Hall–Kier alpha value is -1.99. The second-order valence-electron chi connectivity index (χ2n) is 6.98. The number of amides is 2. The Labute approximate surface area is 179 Å². The Morgan fingerprint density at radius 1 is 0.857 bits per heavy atom. The number of hydrogen-bond acceptors (Lipinski definition) is 4. The molecule has 1 aliphatic heterocycles. The van der Waals surface area contributed by atoms with E-state index in [9.17, 15) is 14.4 Å². The fourth-order valence-corrected chi connectivity index (χ4v) is 4.99. The van der Waals surface area contributed by atoms with Crippen LogP contribution in [0.15, 0.2) is 54.6 Å². The van der Waals surface area contributed by atoms with Gasteiger partial charge in [0.05, 0.1) is 23.1 Å². The van der Waals surface area contributed by atoms with Gasteiger partial charge in [0.1, 0.15) is 5.75 Å². The van der Waals surface area contributed by atoms with Gasteiger partial charge >= 0.3 is 5.97 Å². The van der Waals surface area contributed by atoms with Crippen LogP contribution in [-0.2, 0) is 9.59 Å². The smallest absolute Gasteiger partial charge is 0.343 e. The van der Waals surface area contributed by atoms with Crippen LogP contribution < -0.4 is 9.64 Å². The number of anilines is 1. The van der Waals surface area contributed by atoms with E-state index in [0.29, 0.717) is 29.8 Å². The molecule has 0 bridgehead atoms. The molecule has 2 aromatic carbocycles. The van der Waals surface area contributed by atoms with Crippen molar-refractivity contribution < 1.29 is 19.1 Å². The van der Waals surface area contributed by atoms with E-state index in [0.717, 1.165) is 0 Å². The summed E-state index contributed by atoms with van der Waals surface area (Å²) in [6, 6.07) is 15.2. The maximum absolute atomic E-state index is 12.8. The third-order valence-electron chi connectivity index (χ3n) is 5.23. The Bertz CT molecular complexity index is 888. The third kappa shape index (κ3) is 3.53. The van der Waals surface area contributed by atoms with E-state index in [1.807, 2.05) is 6.07 Å². The molecule has 5 nitrogen and oxygen atoms in total. The summed E-state index contributed by atoms with van der Waals surface area (Å²) >= 11 is 7.18. The molecule has 1 saturated heterocycles. The standard InChI is InChI=1S/C21H17Br2NO4/c22-17-10-15-16(11-18(17)23)20(26)24(19(15)25)13-6-8-14(9-7-13)28-21(27)12-4-2-1-3-5-12/h1-9,15-18H,10-11H2. The molecule has 0 aromatic heterocycles. The van der Waals surface area contributed by atoms with E-state index in [2.05, 4.69) is 31.9 Å². The van der Waals surface area contributed by atoms with E-state index in [4.69, 9.17) is 4.74 Å². The Morgan fingerprint density at radius 3 is 1.93 bits per heavy atom. The molecule has 7 heteroatoms. The van der Waals surface area contributed by atoms with Gasteiger partial charge in [-0.1, -0.05) is 50.1 Å². The number of alkyl halides is 2. The minimum atomic E-state index is -0.459. The van der Waals surface area contributed by atoms with Gasteiger partial charge in [-0.25, -0.2) is 4.79 Å². The van der Waals surface area contributed by atoms with Crippen molar-refractivity contribution in [1.82, 2.24) is 0 Å².